The number of nitrogens with zero attached hydrogens (tertiary/aromatic N) is 6. The molecule has 0 amide bonds. The van der Waals surface area contributed by atoms with Crippen LogP contribution in [-0.4, -0.2) is 6.71 Å². The van der Waals surface area contributed by atoms with Gasteiger partial charge in [0, 0.05) is 84.9 Å². The highest BCUT2D eigenvalue weighted by molar-refractivity contribution is 5.75. The van der Waals surface area contributed by atoms with Crippen molar-refractivity contribution >= 4 is 45.6 Å². The lowest BCUT2D eigenvalue weighted by atomic mass is 9.87. The third kappa shape index (κ3) is 24.2. The van der Waals surface area contributed by atoms with Crippen molar-refractivity contribution in [3.8, 4) is 0 Å². The summed E-state index contributed by atoms with van der Waals surface area (Å²) in [6, 6.07) is 123. The second-order valence-electron chi connectivity index (χ2n) is 35.6. The van der Waals surface area contributed by atoms with Gasteiger partial charge in [0.2, 0.25) is 31.1 Å². The van der Waals surface area contributed by atoms with Crippen LogP contribution in [0.2, 0.25) is 0 Å². The van der Waals surface area contributed by atoms with Gasteiger partial charge in [-0.1, -0.05) is 398 Å². The van der Waals surface area contributed by atoms with Gasteiger partial charge in [0.15, 0.2) is 6.71 Å². The molecule has 6 unspecified atom stereocenters. The average Bonchev–Trinajstić information content (AvgIpc) is 1.64. The standard InChI is InChI=1S/C23H27NO.C23H21NO.C22H25NO.2C18H19NO.C17H17NO.6CH4/c2*1-17-11-9-10-16-21(17)24-18(2)22(19-12-5-3-6-13-19)25-23(24)20-14-7-4-8-15-20;1-16-10-6-9-15-20(16)23-17(2)21(18-11-7-8-12-18)24-22(23)19-13-4-3-5-14-19;2*1-13-9-7-8-12-17(13)19-14(2)15(3)20-18(19)16-10-5-4-6-11-16;1-13-8-6-7-11-16(13)18-12-19-17(14(18)2)15-9-4-3-5-10-15;;;;;;/h4,7-11,14-16,19,23H,3,5-6,12-13H2,1-2H3;3-16,23H,1-2H3;3-6,9-10,13-15,18,22H,7-8,11-12H2,1-2H3;2*4-12,18H,1-3H3;3-11H,12H2,1-2H3;6*1H4/i;;;;;12D;;;;;;. The number of rotatable bonds is 15. The van der Waals surface area contributed by atoms with E-state index in [1.54, 1.807) is 0 Å². The summed E-state index contributed by atoms with van der Waals surface area (Å²) < 4.78 is 45.8. The molecule has 12 nitrogen and oxygen atoms in total. The van der Waals surface area contributed by atoms with Crippen LogP contribution in [0.4, 0.5) is 34.1 Å². The molecule has 139 heavy (non-hydrogen) atoms. The molecule has 0 spiro atoms. The van der Waals surface area contributed by atoms with Gasteiger partial charge in [-0.05, 0) is 192 Å². The Balaban J connectivity index is 0.000000172. The minimum Gasteiger partial charge on any atom is -0.470 e. The predicted molar refractivity (Wildman–Crippen MR) is 588 cm³/mol. The largest absolute Gasteiger partial charge is 0.470 e. The van der Waals surface area contributed by atoms with Crippen molar-refractivity contribution in [1.29, 1.82) is 0 Å². The Morgan fingerprint density at radius 3 is 0.727 bits per heavy atom. The minimum absolute atomic E-state index is 0. The van der Waals surface area contributed by atoms with Crippen LogP contribution in [-0.2, 0) is 28.4 Å². The lowest BCUT2D eigenvalue weighted by molar-refractivity contribution is 0.112. The van der Waals surface area contributed by atoms with Crippen molar-refractivity contribution in [3.05, 3.63) is 487 Å². The summed E-state index contributed by atoms with van der Waals surface area (Å²) in [5.41, 5.74) is 29.7. The van der Waals surface area contributed by atoms with Crippen molar-refractivity contribution in [3.63, 3.8) is 0 Å². The highest BCUT2D eigenvalue weighted by Gasteiger charge is 2.42. The maximum absolute atomic E-state index is 8.20. The van der Waals surface area contributed by atoms with Crippen LogP contribution in [0.1, 0.15) is 263 Å². The summed E-state index contributed by atoms with van der Waals surface area (Å²) in [5.74, 6) is 7.30. The molecule has 0 N–H and O–H groups in total. The lowest BCUT2D eigenvalue weighted by Gasteiger charge is -2.28. The van der Waals surface area contributed by atoms with Crippen molar-refractivity contribution < 1.29 is 29.8 Å². The lowest BCUT2D eigenvalue weighted by Crippen LogP contribution is -2.23. The molecule has 0 radical (unpaired) electrons. The molecule has 0 aromatic heterocycles. The molecule has 0 bridgehead atoms. The normalized spacial score (nSPS) is 18.5. The molecule has 0 saturated heterocycles. The van der Waals surface area contributed by atoms with E-state index in [2.05, 4.69) is 374 Å². The molecule has 6 aliphatic heterocycles. The average molecular weight is 1860 g/mol. The number of hydrogen-bond acceptors (Lipinski definition) is 12. The van der Waals surface area contributed by atoms with Crippen LogP contribution in [0.5, 0.6) is 0 Å². The van der Waals surface area contributed by atoms with E-state index in [9.17, 15) is 0 Å². The predicted octanol–water partition coefficient (Wildman–Crippen LogP) is 35.8. The van der Waals surface area contributed by atoms with E-state index in [4.69, 9.17) is 29.8 Å². The molecule has 12 heteroatoms. The van der Waals surface area contributed by atoms with Crippen LogP contribution in [0.25, 0.3) is 11.5 Å². The Labute approximate surface area is 836 Å². The monoisotopic (exact) mass is 1860 g/mol. The molecule has 2 aliphatic carbocycles. The number of para-hydroxylation sites is 6. The van der Waals surface area contributed by atoms with Gasteiger partial charge in [-0.15, -0.1) is 0 Å². The van der Waals surface area contributed by atoms with Crippen molar-refractivity contribution in [2.75, 3.05) is 36.1 Å². The smallest absolute Gasteiger partial charge is 0.203 e. The zero-order chi connectivity index (χ0) is 93.3. The topological polar surface area (TPSA) is 74.8 Å². The zero-order valence-electron chi connectivity index (χ0n) is 80.7. The third-order valence-electron chi connectivity index (χ3n) is 26.7. The summed E-state index contributed by atoms with van der Waals surface area (Å²) in [5, 5.41) is 0. The maximum atomic E-state index is 8.20. The molecule has 13 aromatic carbocycles. The first kappa shape index (κ1) is 105. The molecule has 2 fully saturated rings. The fraction of sp³-hybridized carbons (Fsp3) is 0.291. The number of hydrogen-bond donors (Lipinski definition) is 0. The number of aryl methyl sites for hydroxylation is 6. The Morgan fingerprint density at radius 2 is 0.439 bits per heavy atom. The van der Waals surface area contributed by atoms with Crippen LogP contribution in [0, 0.1) is 53.4 Å². The molecule has 21 rings (SSSR count). The van der Waals surface area contributed by atoms with Crippen molar-refractivity contribution in [2.45, 2.75) is 230 Å². The van der Waals surface area contributed by atoms with Crippen LogP contribution in [0.15, 0.2) is 415 Å². The number of allylic oxidation sites excluding steroid dienone is 10. The van der Waals surface area contributed by atoms with Crippen LogP contribution in [0.3, 0.4) is 0 Å². The summed E-state index contributed by atoms with van der Waals surface area (Å²) >= 11 is 0. The van der Waals surface area contributed by atoms with Crippen molar-refractivity contribution in [2.24, 2.45) is 11.8 Å². The fourth-order valence-electron chi connectivity index (χ4n) is 19.3. The van der Waals surface area contributed by atoms with Gasteiger partial charge >= 0.3 is 0 Å². The highest BCUT2D eigenvalue weighted by atomic mass is 16.5. The number of ether oxygens (including phenoxy) is 6. The second kappa shape index (κ2) is 50.3. The Morgan fingerprint density at radius 1 is 0.216 bits per heavy atom. The van der Waals surface area contributed by atoms with Crippen LogP contribution < -0.4 is 29.4 Å². The van der Waals surface area contributed by atoms with E-state index in [1.165, 1.54) is 171 Å². The molecule has 2 saturated carbocycles. The van der Waals surface area contributed by atoms with Gasteiger partial charge in [0.25, 0.3) is 0 Å². The first-order valence-corrected chi connectivity index (χ1v) is 47.4. The van der Waals surface area contributed by atoms with Gasteiger partial charge < -0.3 is 57.8 Å². The second-order valence-corrected chi connectivity index (χ2v) is 35.6. The van der Waals surface area contributed by atoms with E-state index in [0.29, 0.717) is 11.8 Å². The molecule has 13 aromatic rings. The van der Waals surface area contributed by atoms with Crippen LogP contribution >= 0.6 is 0 Å². The first-order chi connectivity index (χ1) is 65.3. The van der Waals surface area contributed by atoms with Gasteiger partial charge in [0.05, 0.1) is 35.6 Å². The molecule has 6 atom stereocenters. The minimum atomic E-state index is -0.730. The van der Waals surface area contributed by atoms with E-state index in [1.807, 2.05) is 111 Å². The Bertz CT molecular complexity index is 6210. The molecular formula is C127H152N6O6. The molecule has 6 heterocycles. The highest BCUT2D eigenvalue weighted by Crippen LogP contribution is 2.51. The number of anilines is 6. The first-order valence-electron chi connectivity index (χ1n) is 47.9. The van der Waals surface area contributed by atoms with Gasteiger partial charge in [0.1, 0.15) is 34.6 Å². The fourth-order valence-corrected chi connectivity index (χ4v) is 19.3. The third-order valence-corrected chi connectivity index (χ3v) is 26.7. The van der Waals surface area contributed by atoms with Gasteiger partial charge in [-0.25, -0.2) is 0 Å². The molecular weight excluding hydrogens is 1710 g/mol. The summed E-state index contributed by atoms with van der Waals surface area (Å²) in [7, 11) is 0. The Hall–Kier alpha value is -14.1. The molecule has 726 valence electrons. The SMILES string of the molecule is C.C.C.C.C.C.CC1=C(C)N(c2ccccc2C)C(c2ccccc2)O1.CC1=C(C)N(c2ccccc2C)C(c2ccccc2)O1.CC1=C(C2CCCC2)OC(c2ccccc2)N1c1ccccc1C.CC1=C(C2CCCCC2)OC(c2ccccc2)N1c1ccccc1C.CC1=C(c2ccccc2)OC(c2ccccc2)N1c1ccccc1C.[2H]C1OC(c2ccccc2)=C(C)N1c1ccccc1C. The summed E-state index contributed by atoms with van der Waals surface area (Å²) in [6.07, 6.45) is 11.3. The quantitative estimate of drug-likeness (QED) is 0.0981. The van der Waals surface area contributed by atoms with Gasteiger partial charge in [-0.2, -0.15) is 0 Å². The summed E-state index contributed by atoms with van der Waals surface area (Å²) in [6.45, 7) is 29.0. The molecule has 8 aliphatic rings. The van der Waals surface area contributed by atoms with E-state index < -0.39 is 6.71 Å². The summed E-state index contributed by atoms with van der Waals surface area (Å²) in [4.78, 5) is 13.6. The van der Waals surface area contributed by atoms with E-state index >= 15 is 0 Å². The zero-order valence-corrected chi connectivity index (χ0v) is 79.7. The number of benzene rings is 13. The van der Waals surface area contributed by atoms with E-state index in [-0.39, 0.29) is 75.7 Å². The van der Waals surface area contributed by atoms with Gasteiger partial charge in [-0.3, -0.25) is 0 Å². The maximum Gasteiger partial charge on any atom is 0.203 e. The van der Waals surface area contributed by atoms with E-state index in [0.717, 1.165) is 62.4 Å². The van der Waals surface area contributed by atoms with Crippen molar-refractivity contribution in [1.82, 2.24) is 0 Å². The Kier molecular flexibility index (Phi) is 38.1.